The van der Waals surface area contributed by atoms with E-state index in [0.717, 1.165) is 16.9 Å². The summed E-state index contributed by atoms with van der Waals surface area (Å²) in [6.45, 7) is 1.80. The summed E-state index contributed by atoms with van der Waals surface area (Å²) >= 11 is 0. The molecule has 3 nitrogen and oxygen atoms in total. The standard InChI is InChI=1S/C16H18FNO2.ClH/c17-15-6-4-13(5-7-15)12-20-16-3-1-2-14(10-16)11-18-8-9-19;/h1-7,10,18-19H,8-9,11-12H2;1H/p-1. The molecule has 114 valence electrons. The van der Waals surface area contributed by atoms with Crippen molar-refractivity contribution < 1.29 is 26.6 Å². The molecule has 21 heavy (non-hydrogen) atoms. The van der Waals surface area contributed by atoms with Gasteiger partial charge in [0.1, 0.15) is 18.2 Å². The van der Waals surface area contributed by atoms with Crippen LogP contribution in [0.2, 0.25) is 0 Å². The zero-order valence-corrected chi connectivity index (χ0v) is 12.3. The van der Waals surface area contributed by atoms with Gasteiger partial charge in [-0.2, -0.15) is 0 Å². The lowest BCUT2D eigenvalue weighted by Crippen LogP contribution is -3.00. The highest BCUT2D eigenvalue weighted by Gasteiger charge is 1.99. The van der Waals surface area contributed by atoms with Crippen LogP contribution >= 0.6 is 0 Å². The van der Waals surface area contributed by atoms with E-state index in [9.17, 15) is 4.39 Å². The van der Waals surface area contributed by atoms with Crippen molar-refractivity contribution in [1.29, 1.82) is 0 Å². The number of rotatable bonds is 7. The fourth-order valence-electron chi connectivity index (χ4n) is 1.80. The highest BCUT2D eigenvalue weighted by molar-refractivity contribution is 5.29. The third-order valence-electron chi connectivity index (χ3n) is 2.83. The first-order chi connectivity index (χ1) is 9.78. The third-order valence-corrected chi connectivity index (χ3v) is 2.83. The van der Waals surface area contributed by atoms with Crippen LogP contribution in [0, 0.1) is 5.82 Å². The van der Waals surface area contributed by atoms with E-state index < -0.39 is 0 Å². The van der Waals surface area contributed by atoms with Gasteiger partial charge < -0.3 is 27.6 Å². The van der Waals surface area contributed by atoms with Gasteiger partial charge >= 0.3 is 0 Å². The fourth-order valence-corrected chi connectivity index (χ4v) is 1.80. The average molecular weight is 311 g/mol. The molecule has 0 fully saturated rings. The molecule has 0 aliphatic carbocycles. The van der Waals surface area contributed by atoms with Gasteiger partial charge in [0.05, 0.1) is 6.61 Å². The van der Waals surface area contributed by atoms with Crippen molar-refractivity contribution in [2.45, 2.75) is 13.2 Å². The van der Waals surface area contributed by atoms with E-state index in [1.165, 1.54) is 12.1 Å². The molecule has 0 bridgehead atoms. The molecule has 0 amide bonds. The summed E-state index contributed by atoms with van der Waals surface area (Å²) in [5, 5.41) is 11.8. The predicted octanol–water partition coefficient (Wildman–Crippen LogP) is -0.509. The van der Waals surface area contributed by atoms with Crippen molar-refractivity contribution in [2.75, 3.05) is 13.2 Å². The minimum Gasteiger partial charge on any atom is -1.00 e. The minimum atomic E-state index is -0.245. The highest BCUT2D eigenvalue weighted by atomic mass is 35.5. The van der Waals surface area contributed by atoms with Crippen LogP contribution in [0.3, 0.4) is 0 Å². The van der Waals surface area contributed by atoms with E-state index in [-0.39, 0.29) is 24.8 Å². The van der Waals surface area contributed by atoms with Gasteiger partial charge in [0.2, 0.25) is 0 Å². The molecular weight excluding hydrogens is 293 g/mol. The second kappa shape index (κ2) is 9.34. The Balaban J connectivity index is 0.00000220. The number of hydrogen-bond donors (Lipinski definition) is 2. The molecule has 0 atom stereocenters. The molecule has 0 unspecified atom stereocenters. The Hall–Kier alpha value is -1.62. The van der Waals surface area contributed by atoms with E-state index in [2.05, 4.69) is 5.32 Å². The molecule has 0 radical (unpaired) electrons. The molecule has 2 rings (SSSR count). The van der Waals surface area contributed by atoms with Gasteiger partial charge in [-0.15, -0.1) is 0 Å². The van der Waals surface area contributed by atoms with Crippen LogP contribution in [0.25, 0.3) is 0 Å². The van der Waals surface area contributed by atoms with Gasteiger partial charge in [-0.1, -0.05) is 24.3 Å². The largest absolute Gasteiger partial charge is 1.00 e. The lowest BCUT2D eigenvalue weighted by Gasteiger charge is -2.09. The summed E-state index contributed by atoms with van der Waals surface area (Å²) in [5.74, 6) is 0.531. The van der Waals surface area contributed by atoms with Gasteiger partial charge in [0.15, 0.2) is 0 Å². The minimum absolute atomic E-state index is 0. The maximum atomic E-state index is 12.8. The topological polar surface area (TPSA) is 41.5 Å². The number of benzene rings is 2. The smallest absolute Gasteiger partial charge is 0.123 e. The highest BCUT2D eigenvalue weighted by Crippen LogP contribution is 2.15. The molecule has 0 spiro atoms. The summed E-state index contributed by atoms with van der Waals surface area (Å²) in [6.07, 6.45) is 0. The molecular formula is C16H18ClFNO2-. The quantitative estimate of drug-likeness (QED) is 0.677. The summed E-state index contributed by atoms with van der Waals surface area (Å²) in [7, 11) is 0. The molecule has 0 aliphatic rings. The van der Waals surface area contributed by atoms with Gasteiger partial charge in [-0.3, -0.25) is 0 Å². The van der Waals surface area contributed by atoms with E-state index in [1.54, 1.807) is 12.1 Å². The Bertz CT molecular complexity index is 534. The number of ether oxygens (including phenoxy) is 1. The summed E-state index contributed by atoms with van der Waals surface area (Å²) in [6, 6.07) is 14.0. The van der Waals surface area contributed by atoms with E-state index in [0.29, 0.717) is 19.7 Å². The number of halogens is 2. The Labute approximate surface area is 130 Å². The first-order valence-electron chi connectivity index (χ1n) is 6.55. The van der Waals surface area contributed by atoms with Crippen LogP contribution in [0.15, 0.2) is 48.5 Å². The molecule has 0 saturated heterocycles. The Kier molecular flexibility index (Phi) is 7.75. The molecule has 2 aromatic rings. The lowest BCUT2D eigenvalue weighted by atomic mass is 10.2. The van der Waals surface area contributed by atoms with E-state index in [4.69, 9.17) is 9.84 Å². The average Bonchev–Trinajstić information content (AvgIpc) is 2.47. The van der Waals surface area contributed by atoms with Gasteiger partial charge in [0.25, 0.3) is 0 Å². The first kappa shape index (κ1) is 17.4. The van der Waals surface area contributed by atoms with Crippen molar-refractivity contribution in [1.82, 2.24) is 5.32 Å². The van der Waals surface area contributed by atoms with E-state index in [1.807, 2.05) is 24.3 Å². The van der Waals surface area contributed by atoms with Crippen LogP contribution in [0.5, 0.6) is 5.75 Å². The van der Waals surface area contributed by atoms with Crippen LogP contribution < -0.4 is 22.5 Å². The third kappa shape index (κ3) is 6.12. The second-order valence-corrected chi connectivity index (χ2v) is 4.46. The number of aliphatic hydroxyl groups is 1. The zero-order chi connectivity index (χ0) is 14.2. The molecule has 5 heteroatoms. The summed E-state index contributed by atoms with van der Waals surface area (Å²) < 4.78 is 18.5. The number of aliphatic hydroxyl groups excluding tert-OH is 1. The monoisotopic (exact) mass is 310 g/mol. The van der Waals surface area contributed by atoms with Crippen molar-refractivity contribution in [2.24, 2.45) is 0 Å². The van der Waals surface area contributed by atoms with Crippen LogP contribution in [-0.4, -0.2) is 18.3 Å². The Morgan fingerprint density at radius 2 is 1.81 bits per heavy atom. The normalized spacial score (nSPS) is 10.0. The molecule has 2 N–H and O–H groups in total. The predicted molar refractivity (Wildman–Crippen MR) is 76.0 cm³/mol. The zero-order valence-electron chi connectivity index (χ0n) is 11.6. The lowest BCUT2D eigenvalue weighted by molar-refractivity contribution is -0.00000616. The van der Waals surface area contributed by atoms with Crippen LogP contribution in [0.4, 0.5) is 4.39 Å². The molecule has 0 heterocycles. The maximum Gasteiger partial charge on any atom is 0.123 e. The van der Waals surface area contributed by atoms with Crippen molar-refractivity contribution in [3.05, 3.63) is 65.5 Å². The molecule has 0 aliphatic heterocycles. The van der Waals surface area contributed by atoms with Gasteiger partial charge in [-0.05, 0) is 35.4 Å². The fraction of sp³-hybridized carbons (Fsp3) is 0.250. The molecule has 0 aromatic heterocycles. The van der Waals surface area contributed by atoms with E-state index >= 15 is 0 Å². The van der Waals surface area contributed by atoms with Crippen molar-refractivity contribution >= 4 is 0 Å². The summed E-state index contributed by atoms with van der Waals surface area (Å²) in [4.78, 5) is 0. The van der Waals surface area contributed by atoms with Crippen molar-refractivity contribution in [3.63, 3.8) is 0 Å². The SMILES string of the molecule is OCCNCc1cccc(OCc2ccc(F)cc2)c1.[Cl-]. The number of hydrogen-bond acceptors (Lipinski definition) is 3. The van der Waals surface area contributed by atoms with Crippen molar-refractivity contribution in [3.8, 4) is 5.75 Å². The molecule has 0 saturated carbocycles. The molecule has 2 aromatic carbocycles. The van der Waals surface area contributed by atoms with Gasteiger partial charge in [-0.25, -0.2) is 4.39 Å². The number of nitrogens with one attached hydrogen (secondary N) is 1. The first-order valence-corrected chi connectivity index (χ1v) is 6.55. The van der Waals surface area contributed by atoms with Crippen LogP contribution in [0.1, 0.15) is 11.1 Å². The van der Waals surface area contributed by atoms with Crippen LogP contribution in [-0.2, 0) is 13.2 Å². The van der Waals surface area contributed by atoms with Gasteiger partial charge in [0, 0.05) is 13.1 Å². The Morgan fingerprint density at radius 1 is 1.05 bits per heavy atom. The second-order valence-electron chi connectivity index (χ2n) is 4.46. The Morgan fingerprint density at radius 3 is 2.52 bits per heavy atom. The summed E-state index contributed by atoms with van der Waals surface area (Å²) in [5.41, 5.74) is 2.02. The maximum absolute atomic E-state index is 12.8.